The van der Waals surface area contributed by atoms with Gasteiger partial charge in [-0.2, -0.15) is 0 Å². The number of nitrogens with one attached hydrogen (secondary N) is 1. The van der Waals surface area contributed by atoms with Crippen molar-refractivity contribution < 1.29 is 9.53 Å². The van der Waals surface area contributed by atoms with E-state index in [1.165, 1.54) is 11.3 Å². The summed E-state index contributed by atoms with van der Waals surface area (Å²) >= 11 is 0. The smallest absolute Gasteiger partial charge is 0.241 e. The normalized spacial score (nSPS) is 19.4. The first kappa shape index (κ1) is 20.8. The van der Waals surface area contributed by atoms with Crippen molar-refractivity contribution in [2.24, 2.45) is 0 Å². The largest absolute Gasteiger partial charge is 0.378 e. The molecular formula is C24H32N4O2. The Morgan fingerprint density at radius 3 is 2.27 bits per heavy atom. The molecule has 4 rings (SSSR count). The van der Waals surface area contributed by atoms with Crippen molar-refractivity contribution in [3.8, 4) is 0 Å². The maximum absolute atomic E-state index is 12.8. The molecule has 0 aromatic heterocycles. The minimum absolute atomic E-state index is 0.0608. The third-order valence-electron chi connectivity index (χ3n) is 6.09. The Morgan fingerprint density at radius 2 is 1.60 bits per heavy atom. The highest BCUT2D eigenvalue weighted by atomic mass is 16.5. The second-order valence-corrected chi connectivity index (χ2v) is 8.11. The molecule has 0 spiro atoms. The van der Waals surface area contributed by atoms with Crippen LogP contribution in [0.3, 0.4) is 0 Å². The van der Waals surface area contributed by atoms with Crippen LogP contribution in [0.1, 0.15) is 12.5 Å². The van der Waals surface area contributed by atoms with Crippen molar-refractivity contribution in [1.82, 2.24) is 9.80 Å². The number of amides is 1. The predicted octanol–water partition coefficient (Wildman–Crippen LogP) is 2.67. The second kappa shape index (κ2) is 10.1. The molecule has 2 heterocycles. The average Bonchev–Trinajstić information content (AvgIpc) is 2.81. The van der Waals surface area contributed by atoms with E-state index in [2.05, 4.69) is 62.5 Å². The molecule has 1 unspecified atom stereocenters. The highest BCUT2D eigenvalue weighted by Crippen LogP contribution is 2.20. The van der Waals surface area contributed by atoms with E-state index in [0.717, 1.165) is 64.7 Å². The summed E-state index contributed by atoms with van der Waals surface area (Å²) in [5.41, 5.74) is 3.38. The molecular weight excluding hydrogens is 376 g/mol. The Morgan fingerprint density at radius 1 is 0.933 bits per heavy atom. The first-order chi connectivity index (χ1) is 14.7. The fraction of sp³-hybridized carbons (Fsp3) is 0.458. The maximum Gasteiger partial charge on any atom is 0.241 e. The zero-order valence-electron chi connectivity index (χ0n) is 17.8. The summed E-state index contributed by atoms with van der Waals surface area (Å²) in [5, 5.41) is 3.08. The summed E-state index contributed by atoms with van der Waals surface area (Å²) < 4.78 is 5.41. The molecule has 6 heteroatoms. The predicted molar refractivity (Wildman–Crippen MR) is 121 cm³/mol. The molecule has 1 atom stereocenters. The zero-order chi connectivity index (χ0) is 20.8. The Bertz CT molecular complexity index is 798. The lowest BCUT2D eigenvalue weighted by Gasteiger charge is -2.37. The van der Waals surface area contributed by atoms with Gasteiger partial charge in [-0.05, 0) is 36.8 Å². The fourth-order valence-corrected chi connectivity index (χ4v) is 4.14. The van der Waals surface area contributed by atoms with E-state index in [0.29, 0.717) is 0 Å². The Kier molecular flexibility index (Phi) is 7.00. The van der Waals surface area contributed by atoms with Crippen LogP contribution in [0.2, 0.25) is 0 Å². The molecule has 0 radical (unpaired) electrons. The van der Waals surface area contributed by atoms with Crippen molar-refractivity contribution in [3.05, 3.63) is 60.2 Å². The molecule has 0 bridgehead atoms. The van der Waals surface area contributed by atoms with Crippen LogP contribution in [0.4, 0.5) is 11.4 Å². The van der Waals surface area contributed by atoms with Crippen LogP contribution in [-0.4, -0.2) is 74.2 Å². The van der Waals surface area contributed by atoms with E-state index < -0.39 is 0 Å². The van der Waals surface area contributed by atoms with Crippen molar-refractivity contribution in [1.29, 1.82) is 0 Å². The number of morpholine rings is 1. The standard InChI is InChI=1S/C24H32N4O2/c1-20(27-13-11-26(12-14-27)19-21-5-3-2-4-6-21)24(29)25-22-7-9-23(10-8-22)28-15-17-30-18-16-28/h2-10,20H,11-19H2,1H3,(H,25,29). The van der Waals surface area contributed by atoms with Gasteiger partial charge >= 0.3 is 0 Å². The summed E-state index contributed by atoms with van der Waals surface area (Å²) in [7, 11) is 0. The Balaban J connectivity index is 1.25. The van der Waals surface area contributed by atoms with Gasteiger partial charge in [0.2, 0.25) is 5.91 Å². The fourth-order valence-electron chi connectivity index (χ4n) is 4.14. The van der Waals surface area contributed by atoms with E-state index in [4.69, 9.17) is 4.74 Å². The molecule has 2 aliphatic heterocycles. The van der Waals surface area contributed by atoms with Gasteiger partial charge in [-0.3, -0.25) is 14.6 Å². The molecule has 2 fully saturated rings. The number of carbonyl (C=O) groups excluding carboxylic acids is 1. The highest BCUT2D eigenvalue weighted by molar-refractivity contribution is 5.94. The third-order valence-corrected chi connectivity index (χ3v) is 6.09. The van der Waals surface area contributed by atoms with Crippen molar-refractivity contribution >= 4 is 17.3 Å². The molecule has 2 saturated heterocycles. The van der Waals surface area contributed by atoms with Crippen LogP contribution in [0.15, 0.2) is 54.6 Å². The van der Waals surface area contributed by atoms with Crippen molar-refractivity contribution in [3.63, 3.8) is 0 Å². The van der Waals surface area contributed by atoms with E-state index >= 15 is 0 Å². The van der Waals surface area contributed by atoms with Gasteiger partial charge in [-0.15, -0.1) is 0 Å². The lowest BCUT2D eigenvalue weighted by molar-refractivity contribution is -0.121. The number of piperazine rings is 1. The van der Waals surface area contributed by atoms with Gasteiger partial charge in [0.15, 0.2) is 0 Å². The highest BCUT2D eigenvalue weighted by Gasteiger charge is 2.25. The van der Waals surface area contributed by atoms with E-state index in [-0.39, 0.29) is 11.9 Å². The van der Waals surface area contributed by atoms with Crippen LogP contribution < -0.4 is 10.2 Å². The molecule has 30 heavy (non-hydrogen) atoms. The molecule has 160 valence electrons. The minimum atomic E-state index is -0.136. The topological polar surface area (TPSA) is 48.1 Å². The number of benzene rings is 2. The molecule has 2 aliphatic rings. The van der Waals surface area contributed by atoms with Crippen LogP contribution >= 0.6 is 0 Å². The lowest BCUT2D eigenvalue weighted by atomic mass is 10.1. The Hall–Kier alpha value is -2.41. The molecule has 6 nitrogen and oxygen atoms in total. The number of anilines is 2. The van der Waals surface area contributed by atoms with Gasteiger partial charge in [0.05, 0.1) is 19.3 Å². The van der Waals surface area contributed by atoms with Gasteiger partial charge in [0.25, 0.3) is 0 Å². The summed E-state index contributed by atoms with van der Waals surface area (Å²) in [6.07, 6.45) is 0. The molecule has 0 saturated carbocycles. The second-order valence-electron chi connectivity index (χ2n) is 8.11. The van der Waals surface area contributed by atoms with E-state index in [9.17, 15) is 4.79 Å². The average molecular weight is 409 g/mol. The van der Waals surface area contributed by atoms with E-state index in [1.807, 2.05) is 19.1 Å². The molecule has 2 aromatic rings. The van der Waals surface area contributed by atoms with Gasteiger partial charge in [-0.25, -0.2) is 0 Å². The summed E-state index contributed by atoms with van der Waals surface area (Å²) in [6, 6.07) is 18.6. The number of hydrogen-bond acceptors (Lipinski definition) is 5. The lowest BCUT2D eigenvalue weighted by Crippen LogP contribution is -2.52. The number of carbonyl (C=O) groups is 1. The SMILES string of the molecule is CC(C(=O)Nc1ccc(N2CCOCC2)cc1)N1CCN(Cc2ccccc2)CC1. The maximum atomic E-state index is 12.8. The van der Waals surface area contributed by atoms with Crippen LogP contribution in [0.5, 0.6) is 0 Å². The van der Waals surface area contributed by atoms with Crippen LogP contribution in [0, 0.1) is 0 Å². The summed E-state index contributed by atoms with van der Waals surface area (Å²) in [6.45, 7) is 10.2. The number of ether oxygens (including phenoxy) is 1. The molecule has 2 aromatic carbocycles. The van der Waals surface area contributed by atoms with Crippen molar-refractivity contribution in [2.45, 2.75) is 19.5 Å². The first-order valence-corrected chi connectivity index (χ1v) is 10.9. The number of rotatable bonds is 6. The van der Waals surface area contributed by atoms with Gasteiger partial charge in [-0.1, -0.05) is 30.3 Å². The van der Waals surface area contributed by atoms with Crippen molar-refractivity contribution in [2.75, 3.05) is 62.7 Å². The zero-order valence-corrected chi connectivity index (χ0v) is 17.8. The summed E-state index contributed by atoms with van der Waals surface area (Å²) in [5.74, 6) is 0.0608. The molecule has 0 aliphatic carbocycles. The molecule has 1 N–H and O–H groups in total. The molecule has 1 amide bonds. The monoisotopic (exact) mass is 408 g/mol. The third kappa shape index (κ3) is 5.39. The number of hydrogen-bond donors (Lipinski definition) is 1. The van der Waals surface area contributed by atoms with Gasteiger partial charge in [0, 0.05) is 57.2 Å². The van der Waals surface area contributed by atoms with E-state index in [1.54, 1.807) is 0 Å². The van der Waals surface area contributed by atoms with Crippen LogP contribution in [-0.2, 0) is 16.1 Å². The first-order valence-electron chi connectivity index (χ1n) is 10.9. The quantitative estimate of drug-likeness (QED) is 0.796. The summed E-state index contributed by atoms with van der Waals surface area (Å²) in [4.78, 5) is 19.8. The minimum Gasteiger partial charge on any atom is -0.378 e. The van der Waals surface area contributed by atoms with Crippen LogP contribution in [0.25, 0.3) is 0 Å². The van der Waals surface area contributed by atoms with Gasteiger partial charge < -0.3 is 15.0 Å². The number of nitrogens with zero attached hydrogens (tertiary/aromatic N) is 3. The Labute approximate surface area is 179 Å². The van der Waals surface area contributed by atoms with Gasteiger partial charge in [0.1, 0.15) is 0 Å².